The van der Waals surface area contributed by atoms with Gasteiger partial charge in [-0.3, -0.25) is 4.79 Å². The third-order valence-electron chi connectivity index (χ3n) is 2.76. The summed E-state index contributed by atoms with van der Waals surface area (Å²) in [5, 5.41) is 3.28. The van der Waals surface area contributed by atoms with Crippen molar-refractivity contribution < 1.29 is 18.3 Å². The van der Waals surface area contributed by atoms with Gasteiger partial charge in [0.05, 0.1) is 10.7 Å². The van der Waals surface area contributed by atoms with Crippen LogP contribution in [0.5, 0.6) is 5.75 Å². The van der Waals surface area contributed by atoms with E-state index in [1.165, 1.54) is 19.1 Å². The maximum atomic E-state index is 13.1. The lowest BCUT2D eigenvalue weighted by Gasteiger charge is -2.15. The number of halogens is 4. The Morgan fingerprint density at radius 2 is 1.86 bits per heavy atom. The zero-order valence-electron chi connectivity index (χ0n) is 11.4. The smallest absolute Gasteiger partial charge is 0.265 e. The summed E-state index contributed by atoms with van der Waals surface area (Å²) in [4.78, 5) is 12.0. The first kappa shape index (κ1) is 16.5. The zero-order chi connectivity index (χ0) is 16.3. The summed E-state index contributed by atoms with van der Waals surface area (Å²) in [7, 11) is 0. The zero-order valence-corrected chi connectivity index (χ0v) is 12.9. The Morgan fingerprint density at radius 3 is 2.50 bits per heavy atom. The average Bonchev–Trinajstić information content (AvgIpc) is 2.45. The molecule has 2 aromatic rings. The second kappa shape index (κ2) is 6.94. The molecule has 0 saturated heterocycles. The van der Waals surface area contributed by atoms with Crippen molar-refractivity contribution in [3.05, 3.63) is 58.1 Å². The van der Waals surface area contributed by atoms with Gasteiger partial charge in [0, 0.05) is 11.1 Å². The molecule has 2 rings (SSSR count). The highest BCUT2D eigenvalue weighted by atomic mass is 35.5. The Hall–Kier alpha value is -1.85. The molecule has 7 heteroatoms. The SMILES string of the molecule is CC(Oc1ccc(F)c(F)c1)C(=O)Nc1ccc(Cl)cc1Cl. The molecule has 1 N–H and O–H groups in total. The quantitative estimate of drug-likeness (QED) is 0.873. The number of rotatable bonds is 4. The van der Waals surface area contributed by atoms with Crippen molar-refractivity contribution in [2.75, 3.05) is 5.32 Å². The van der Waals surface area contributed by atoms with E-state index in [0.29, 0.717) is 10.7 Å². The largest absolute Gasteiger partial charge is 0.481 e. The second-order valence-corrected chi connectivity index (χ2v) is 5.29. The standard InChI is InChI=1S/C15H11Cl2F2NO2/c1-8(22-10-3-4-12(18)13(19)7-10)15(21)20-14-5-2-9(16)6-11(14)17/h2-8H,1H3,(H,20,21). The van der Waals surface area contributed by atoms with Crippen molar-refractivity contribution >= 4 is 34.8 Å². The Labute approximate surface area is 135 Å². The monoisotopic (exact) mass is 345 g/mol. The molecule has 22 heavy (non-hydrogen) atoms. The van der Waals surface area contributed by atoms with Gasteiger partial charge >= 0.3 is 0 Å². The molecule has 0 aliphatic heterocycles. The van der Waals surface area contributed by atoms with E-state index >= 15 is 0 Å². The van der Waals surface area contributed by atoms with Crippen molar-refractivity contribution in [2.24, 2.45) is 0 Å². The first-order valence-electron chi connectivity index (χ1n) is 6.24. The van der Waals surface area contributed by atoms with Crippen molar-refractivity contribution in [1.29, 1.82) is 0 Å². The van der Waals surface area contributed by atoms with Crippen LogP contribution < -0.4 is 10.1 Å². The van der Waals surface area contributed by atoms with Crippen LogP contribution >= 0.6 is 23.2 Å². The number of benzene rings is 2. The summed E-state index contributed by atoms with van der Waals surface area (Å²) < 4.78 is 31.2. The van der Waals surface area contributed by atoms with Crippen molar-refractivity contribution in [3.8, 4) is 5.75 Å². The van der Waals surface area contributed by atoms with E-state index in [-0.39, 0.29) is 10.8 Å². The van der Waals surface area contributed by atoms with Crippen LogP contribution in [0.2, 0.25) is 10.0 Å². The lowest BCUT2D eigenvalue weighted by Crippen LogP contribution is -2.30. The van der Waals surface area contributed by atoms with Gasteiger partial charge in [0.15, 0.2) is 17.7 Å². The van der Waals surface area contributed by atoms with Crippen LogP contribution in [0.3, 0.4) is 0 Å². The predicted octanol–water partition coefficient (Wildman–Crippen LogP) is 4.68. The van der Waals surface area contributed by atoms with E-state index in [1.54, 1.807) is 12.1 Å². The molecule has 0 spiro atoms. The van der Waals surface area contributed by atoms with Gasteiger partial charge in [-0.1, -0.05) is 23.2 Å². The van der Waals surface area contributed by atoms with Gasteiger partial charge in [-0.05, 0) is 37.3 Å². The van der Waals surface area contributed by atoms with Gasteiger partial charge in [-0.15, -0.1) is 0 Å². The summed E-state index contributed by atoms with van der Waals surface area (Å²) in [6, 6.07) is 7.63. The molecule has 0 aliphatic carbocycles. The highest BCUT2D eigenvalue weighted by Gasteiger charge is 2.17. The third-order valence-corrected chi connectivity index (χ3v) is 3.31. The fourth-order valence-electron chi connectivity index (χ4n) is 1.63. The number of amides is 1. The lowest BCUT2D eigenvalue weighted by molar-refractivity contribution is -0.122. The van der Waals surface area contributed by atoms with Gasteiger partial charge in [0.2, 0.25) is 0 Å². The molecular formula is C15H11Cl2F2NO2. The molecule has 0 bridgehead atoms. The molecule has 1 amide bonds. The molecule has 0 saturated carbocycles. The summed E-state index contributed by atoms with van der Waals surface area (Å²) >= 11 is 11.7. The molecule has 0 aliphatic rings. The number of hydrogen-bond donors (Lipinski definition) is 1. The average molecular weight is 346 g/mol. The Balaban J connectivity index is 2.04. The minimum atomic E-state index is -1.05. The Morgan fingerprint density at radius 1 is 1.14 bits per heavy atom. The predicted molar refractivity (Wildman–Crippen MR) is 81.5 cm³/mol. The van der Waals surface area contributed by atoms with Gasteiger partial charge in [-0.25, -0.2) is 8.78 Å². The van der Waals surface area contributed by atoms with E-state index in [9.17, 15) is 13.6 Å². The van der Waals surface area contributed by atoms with E-state index in [4.69, 9.17) is 27.9 Å². The van der Waals surface area contributed by atoms with E-state index in [2.05, 4.69) is 5.32 Å². The highest BCUT2D eigenvalue weighted by molar-refractivity contribution is 6.36. The van der Waals surface area contributed by atoms with Crippen LogP contribution in [0.1, 0.15) is 6.92 Å². The fourth-order valence-corrected chi connectivity index (χ4v) is 2.09. The van der Waals surface area contributed by atoms with Crippen LogP contribution in [-0.2, 0) is 4.79 Å². The second-order valence-electron chi connectivity index (χ2n) is 4.45. The summed E-state index contributed by atoms with van der Waals surface area (Å²) in [6.45, 7) is 1.47. The summed E-state index contributed by atoms with van der Waals surface area (Å²) in [6.07, 6.45) is -0.934. The number of nitrogens with one attached hydrogen (secondary N) is 1. The molecule has 1 atom stereocenters. The number of carbonyl (C=O) groups is 1. The molecular weight excluding hydrogens is 335 g/mol. The van der Waals surface area contributed by atoms with Crippen LogP contribution in [-0.4, -0.2) is 12.0 Å². The van der Waals surface area contributed by atoms with Crippen LogP contribution in [0.25, 0.3) is 0 Å². The summed E-state index contributed by atoms with van der Waals surface area (Å²) in [5.41, 5.74) is 0.372. The number of carbonyl (C=O) groups excluding carboxylic acids is 1. The van der Waals surface area contributed by atoms with Gasteiger partial charge < -0.3 is 10.1 Å². The first-order chi connectivity index (χ1) is 10.4. The molecule has 0 radical (unpaired) electrons. The fraction of sp³-hybridized carbons (Fsp3) is 0.133. The summed E-state index contributed by atoms with van der Waals surface area (Å²) in [5.74, 6) is -2.49. The maximum absolute atomic E-state index is 13.1. The Kier molecular flexibility index (Phi) is 5.21. The van der Waals surface area contributed by atoms with Crippen molar-refractivity contribution in [3.63, 3.8) is 0 Å². The third kappa shape index (κ3) is 4.08. The van der Waals surface area contributed by atoms with Gasteiger partial charge in [0.25, 0.3) is 5.91 Å². The maximum Gasteiger partial charge on any atom is 0.265 e. The van der Waals surface area contributed by atoms with E-state index in [1.807, 2.05) is 0 Å². The van der Waals surface area contributed by atoms with Crippen molar-refractivity contribution in [1.82, 2.24) is 0 Å². The van der Waals surface area contributed by atoms with E-state index < -0.39 is 23.6 Å². The Bertz CT molecular complexity index is 710. The molecule has 0 heterocycles. The first-order valence-corrected chi connectivity index (χ1v) is 7.00. The van der Waals surface area contributed by atoms with Crippen LogP contribution in [0.4, 0.5) is 14.5 Å². The molecule has 2 aromatic carbocycles. The number of ether oxygens (including phenoxy) is 1. The van der Waals surface area contributed by atoms with E-state index in [0.717, 1.165) is 12.1 Å². The highest BCUT2D eigenvalue weighted by Crippen LogP contribution is 2.25. The molecule has 3 nitrogen and oxygen atoms in total. The minimum Gasteiger partial charge on any atom is -0.481 e. The van der Waals surface area contributed by atoms with Gasteiger partial charge in [0.1, 0.15) is 5.75 Å². The topological polar surface area (TPSA) is 38.3 Å². The molecule has 116 valence electrons. The number of anilines is 1. The van der Waals surface area contributed by atoms with Crippen molar-refractivity contribution in [2.45, 2.75) is 13.0 Å². The minimum absolute atomic E-state index is 0.0451. The molecule has 0 fully saturated rings. The lowest BCUT2D eigenvalue weighted by atomic mass is 10.3. The molecule has 0 aromatic heterocycles. The molecule has 1 unspecified atom stereocenters. The normalized spacial score (nSPS) is 11.9. The van der Waals surface area contributed by atoms with Crippen LogP contribution in [0, 0.1) is 11.6 Å². The number of hydrogen-bond acceptors (Lipinski definition) is 2. The van der Waals surface area contributed by atoms with Gasteiger partial charge in [-0.2, -0.15) is 0 Å². The van der Waals surface area contributed by atoms with Crippen LogP contribution in [0.15, 0.2) is 36.4 Å².